The van der Waals surface area contributed by atoms with Crippen molar-refractivity contribution in [2.24, 2.45) is 7.05 Å². The SMILES string of the molecule is Cn1ncc(-c2ccc(C(C)(C)C(=O)O)cc2)n1. The Labute approximate surface area is 105 Å². The third kappa shape index (κ3) is 2.11. The van der Waals surface area contributed by atoms with E-state index >= 15 is 0 Å². The summed E-state index contributed by atoms with van der Waals surface area (Å²) in [7, 11) is 1.76. The smallest absolute Gasteiger partial charge is 0.313 e. The summed E-state index contributed by atoms with van der Waals surface area (Å²) in [6.07, 6.45) is 1.68. The number of aryl methyl sites for hydroxylation is 1. The molecule has 5 heteroatoms. The molecule has 0 amide bonds. The molecule has 0 radical (unpaired) electrons. The zero-order valence-corrected chi connectivity index (χ0v) is 10.6. The minimum atomic E-state index is -0.888. The highest BCUT2D eigenvalue weighted by atomic mass is 16.4. The maximum Gasteiger partial charge on any atom is 0.313 e. The molecule has 0 saturated carbocycles. The molecular formula is C13H15N3O2. The number of carboxylic acid groups (broad SMARTS) is 1. The van der Waals surface area contributed by atoms with Gasteiger partial charge in [-0.1, -0.05) is 24.3 Å². The van der Waals surface area contributed by atoms with E-state index in [0.29, 0.717) is 0 Å². The molecule has 1 N–H and O–H groups in total. The summed E-state index contributed by atoms with van der Waals surface area (Å²) in [4.78, 5) is 12.6. The van der Waals surface area contributed by atoms with Gasteiger partial charge in [-0.3, -0.25) is 4.79 Å². The van der Waals surface area contributed by atoms with Crippen molar-refractivity contribution in [3.8, 4) is 11.3 Å². The molecule has 0 fully saturated rings. The second-order valence-corrected chi connectivity index (χ2v) is 4.73. The van der Waals surface area contributed by atoms with E-state index in [0.717, 1.165) is 16.8 Å². The highest BCUT2D eigenvalue weighted by Crippen LogP contribution is 2.25. The maximum atomic E-state index is 11.2. The lowest BCUT2D eigenvalue weighted by molar-refractivity contribution is -0.142. The predicted molar refractivity (Wildman–Crippen MR) is 67.1 cm³/mol. The minimum Gasteiger partial charge on any atom is -0.481 e. The molecule has 0 spiro atoms. The van der Waals surface area contributed by atoms with Crippen LogP contribution in [-0.4, -0.2) is 26.1 Å². The molecule has 0 aliphatic rings. The van der Waals surface area contributed by atoms with E-state index in [2.05, 4.69) is 10.2 Å². The summed E-state index contributed by atoms with van der Waals surface area (Å²) in [5, 5.41) is 17.4. The molecule has 1 aromatic carbocycles. The molecule has 1 aromatic heterocycles. The van der Waals surface area contributed by atoms with Crippen LogP contribution < -0.4 is 0 Å². The van der Waals surface area contributed by atoms with Gasteiger partial charge < -0.3 is 5.11 Å². The van der Waals surface area contributed by atoms with Gasteiger partial charge in [0.2, 0.25) is 0 Å². The highest BCUT2D eigenvalue weighted by Gasteiger charge is 2.29. The Bertz CT molecular complexity index is 570. The van der Waals surface area contributed by atoms with Crippen LogP contribution >= 0.6 is 0 Å². The van der Waals surface area contributed by atoms with Gasteiger partial charge in [-0.2, -0.15) is 15.0 Å². The fourth-order valence-electron chi connectivity index (χ4n) is 1.66. The van der Waals surface area contributed by atoms with Crippen molar-refractivity contribution in [3.05, 3.63) is 36.0 Å². The van der Waals surface area contributed by atoms with Crippen LogP contribution in [0.25, 0.3) is 11.3 Å². The van der Waals surface area contributed by atoms with Crippen LogP contribution in [0, 0.1) is 0 Å². The van der Waals surface area contributed by atoms with E-state index in [-0.39, 0.29) is 0 Å². The van der Waals surface area contributed by atoms with E-state index in [1.54, 1.807) is 27.1 Å². The number of rotatable bonds is 3. The molecule has 2 rings (SSSR count). The largest absolute Gasteiger partial charge is 0.481 e. The summed E-state index contributed by atoms with van der Waals surface area (Å²) in [6, 6.07) is 7.37. The highest BCUT2D eigenvalue weighted by molar-refractivity contribution is 5.80. The zero-order valence-electron chi connectivity index (χ0n) is 10.6. The van der Waals surface area contributed by atoms with Crippen LogP contribution in [0.4, 0.5) is 0 Å². The van der Waals surface area contributed by atoms with E-state index in [1.165, 1.54) is 4.80 Å². The van der Waals surface area contributed by atoms with Crippen molar-refractivity contribution in [3.63, 3.8) is 0 Å². The first-order valence-corrected chi connectivity index (χ1v) is 5.62. The van der Waals surface area contributed by atoms with Crippen molar-refractivity contribution in [2.75, 3.05) is 0 Å². The van der Waals surface area contributed by atoms with Crippen LogP contribution in [0.3, 0.4) is 0 Å². The van der Waals surface area contributed by atoms with E-state index in [9.17, 15) is 4.79 Å². The van der Waals surface area contributed by atoms with Gasteiger partial charge in [0.15, 0.2) is 0 Å². The first-order chi connectivity index (χ1) is 8.41. The molecular weight excluding hydrogens is 230 g/mol. The van der Waals surface area contributed by atoms with Crippen molar-refractivity contribution in [1.29, 1.82) is 0 Å². The molecule has 5 nitrogen and oxygen atoms in total. The minimum absolute atomic E-state index is 0.766. The summed E-state index contributed by atoms with van der Waals surface area (Å²) in [6.45, 7) is 3.37. The van der Waals surface area contributed by atoms with Crippen LogP contribution in [0.1, 0.15) is 19.4 Å². The molecule has 94 valence electrons. The Morgan fingerprint density at radius 2 is 1.89 bits per heavy atom. The van der Waals surface area contributed by atoms with Gasteiger partial charge in [-0.25, -0.2) is 0 Å². The fourth-order valence-corrected chi connectivity index (χ4v) is 1.66. The molecule has 18 heavy (non-hydrogen) atoms. The third-order valence-corrected chi connectivity index (χ3v) is 3.04. The number of hydrogen-bond donors (Lipinski definition) is 1. The number of carbonyl (C=O) groups is 1. The van der Waals surface area contributed by atoms with Gasteiger partial charge in [0.05, 0.1) is 11.6 Å². The van der Waals surface area contributed by atoms with Gasteiger partial charge in [-0.05, 0) is 19.4 Å². The second kappa shape index (κ2) is 4.25. The average molecular weight is 245 g/mol. The first kappa shape index (κ1) is 12.3. The average Bonchev–Trinajstić information content (AvgIpc) is 2.76. The molecule has 2 aromatic rings. The quantitative estimate of drug-likeness (QED) is 0.896. The van der Waals surface area contributed by atoms with E-state index in [1.807, 2.05) is 24.3 Å². The Kier molecular flexibility index (Phi) is 2.90. The third-order valence-electron chi connectivity index (χ3n) is 3.04. The van der Waals surface area contributed by atoms with Crippen molar-refractivity contribution < 1.29 is 9.90 Å². The lowest BCUT2D eigenvalue weighted by Crippen LogP contribution is -2.28. The van der Waals surface area contributed by atoms with Crippen LogP contribution in [0.15, 0.2) is 30.5 Å². The lowest BCUT2D eigenvalue weighted by atomic mass is 9.84. The number of hydrogen-bond acceptors (Lipinski definition) is 3. The van der Waals surface area contributed by atoms with Gasteiger partial charge in [0.1, 0.15) is 5.69 Å². The van der Waals surface area contributed by atoms with Gasteiger partial charge in [0.25, 0.3) is 0 Å². The van der Waals surface area contributed by atoms with Crippen molar-refractivity contribution in [1.82, 2.24) is 15.0 Å². The van der Waals surface area contributed by atoms with Crippen molar-refractivity contribution in [2.45, 2.75) is 19.3 Å². The molecule has 0 aliphatic carbocycles. The van der Waals surface area contributed by atoms with Gasteiger partial charge in [-0.15, -0.1) is 0 Å². The second-order valence-electron chi connectivity index (χ2n) is 4.73. The van der Waals surface area contributed by atoms with Crippen molar-refractivity contribution >= 4 is 5.97 Å². The molecule has 0 unspecified atom stereocenters. The van der Waals surface area contributed by atoms with Crippen LogP contribution in [0.5, 0.6) is 0 Å². The lowest BCUT2D eigenvalue weighted by Gasteiger charge is -2.19. The molecule has 1 heterocycles. The maximum absolute atomic E-state index is 11.2. The number of benzene rings is 1. The van der Waals surface area contributed by atoms with Gasteiger partial charge >= 0.3 is 5.97 Å². The van der Waals surface area contributed by atoms with Gasteiger partial charge in [0, 0.05) is 12.6 Å². The topological polar surface area (TPSA) is 68.0 Å². The number of carboxylic acids is 1. The summed E-state index contributed by atoms with van der Waals surface area (Å²) < 4.78 is 0. The molecule has 0 atom stereocenters. The predicted octanol–water partition coefficient (Wildman–Crippen LogP) is 1.84. The molecule has 0 saturated heterocycles. The monoisotopic (exact) mass is 245 g/mol. The molecule has 0 bridgehead atoms. The number of aromatic nitrogens is 3. The number of nitrogens with zero attached hydrogens (tertiary/aromatic N) is 3. The van der Waals surface area contributed by atoms with Crippen LogP contribution in [0.2, 0.25) is 0 Å². The van der Waals surface area contributed by atoms with E-state index < -0.39 is 11.4 Å². The summed E-state index contributed by atoms with van der Waals surface area (Å²) in [5.41, 5.74) is 1.58. The normalized spacial score (nSPS) is 11.5. The Morgan fingerprint density at radius 3 is 2.33 bits per heavy atom. The summed E-state index contributed by atoms with van der Waals surface area (Å²) >= 11 is 0. The zero-order chi connectivity index (χ0) is 13.3. The Balaban J connectivity index is 2.34. The fraction of sp³-hybridized carbons (Fsp3) is 0.308. The van der Waals surface area contributed by atoms with E-state index in [4.69, 9.17) is 5.11 Å². The summed E-state index contributed by atoms with van der Waals surface area (Å²) in [5.74, 6) is -0.838. The Hall–Kier alpha value is -2.17. The number of aliphatic carboxylic acids is 1. The van der Waals surface area contributed by atoms with Crippen LogP contribution in [-0.2, 0) is 17.3 Å². The molecule has 0 aliphatic heterocycles. The first-order valence-electron chi connectivity index (χ1n) is 5.62. The standard InChI is InChI=1S/C13H15N3O2/c1-13(2,12(17)18)10-6-4-9(5-7-10)11-8-14-16(3)15-11/h4-8H,1-3H3,(H,17,18). The Morgan fingerprint density at radius 1 is 1.28 bits per heavy atom.